The first-order chi connectivity index (χ1) is 34.8. The Hall–Kier alpha value is -3.45. The van der Waals surface area contributed by atoms with Crippen LogP contribution in [0.4, 0.5) is 0 Å². The van der Waals surface area contributed by atoms with E-state index in [1.165, 1.54) is 19.1 Å². The number of cyclic esters (lactones) is 1. The molecule has 4 heterocycles. The average molecular weight is 1030 g/mol. The van der Waals surface area contributed by atoms with Crippen LogP contribution >= 0.6 is 0 Å². The number of hydrogen-bond donors (Lipinski definition) is 1. The maximum Gasteiger partial charge on any atom is 0.329 e. The van der Waals surface area contributed by atoms with Gasteiger partial charge in [0.15, 0.2) is 5.78 Å². The summed E-state index contributed by atoms with van der Waals surface area (Å²) >= 11 is 0. The van der Waals surface area contributed by atoms with E-state index in [2.05, 4.69) is 6.92 Å². The van der Waals surface area contributed by atoms with Crippen molar-refractivity contribution in [3.05, 3.63) is 47.6 Å². The molecule has 2 bridgehead atoms. The number of amides is 1. The van der Waals surface area contributed by atoms with Gasteiger partial charge in [0, 0.05) is 65.6 Å². The van der Waals surface area contributed by atoms with Crippen LogP contribution in [-0.2, 0) is 66.6 Å². The van der Waals surface area contributed by atoms with E-state index < -0.39 is 71.8 Å². The van der Waals surface area contributed by atoms with E-state index in [-0.39, 0.29) is 86.0 Å². The van der Waals surface area contributed by atoms with Crippen molar-refractivity contribution in [1.29, 1.82) is 0 Å². The predicted octanol–water partition coefficient (Wildman–Crippen LogP) is 7.27. The topological polar surface area (TPSA) is 192 Å². The zero-order chi connectivity index (χ0) is 53.4. The Kier molecular flexibility index (Phi) is 24.1. The number of piperidine rings is 1. The molecule has 73 heavy (non-hydrogen) atoms. The summed E-state index contributed by atoms with van der Waals surface area (Å²) in [7, 11) is 6.37. The van der Waals surface area contributed by atoms with Gasteiger partial charge < -0.3 is 52.6 Å². The van der Waals surface area contributed by atoms with Gasteiger partial charge in [-0.15, -0.1) is 0 Å². The molecule has 0 radical (unpaired) electrons. The Labute approximate surface area is 435 Å². The fraction of sp³-hybridized carbons (Fsp3) is 0.772. The van der Waals surface area contributed by atoms with Crippen molar-refractivity contribution in [2.75, 3.05) is 61.4 Å². The number of fused-ring (bicyclic) bond motifs is 3. The molecule has 5 aliphatic rings. The number of ether oxygens (including phenoxy) is 9. The molecule has 3 saturated heterocycles. The van der Waals surface area contributed by atoms with E-state index in [1.54, 1.807) is 34.1 Å². The third kappa shape index (κ3) is 16.5. The Morgan fingerprint density at radius 3 is 2.23 bits per heavy atom. The fourth-order valence-electron chi connectivity index (χ4n) is 11.4. The molecule has 2 unspecified atom stereocenters. The van der Waals surface area contributed by atoms with Crippen molar-refractivity contribution >= 4 is 29.2 Å². The van der Waals surface area contributed by atoms with Crippen LogP contribution in [0.3, 0.4) is 0 Å². The molecule has 1 saturated carbocycles. The summed E-state index contributed by atoms with van der Waals surface area (Å²) in [4.78, 5) is 73.2. The molecule has 412 valence electrons. The van der Waals surface area contributed by atoms with Crippen molar-refractivity contribution in [1.82, 2.24) is 4.90 Å². The summed E-state index contributed by atoms with van der Waals surface area (Å²) in [5, 5.41) is 12.2. The minimum absolute atomic E-state index is 0.0317. The van der Waals surface area contributed by atoms with Crippen LogP contribution in [0.5, 0.6) is 0 Å². The van der Waals surface area contributed by atoms with Crippen LogP contribution in [0.15, 0.2) is 47.6 Å². The molecule has 5 rings (SSSR count). The highest BCUT2D eigenvalue weighted by Gasteiger charge is 2.53. The number of ketones is 3. The second-order valence-electron chi connectivity index (χ2n) is 21.7. The van der Waals surface area contributed by atoms with Crippen LogP contribution in [0.25, 0.3) is 0 Å². The van der Waals surface area contributed by atoms with E-state index in [0.29, 0.717) is 63.9 Å². The number of hydrogen-bond acceptors (Lipinski definition) is 15. The Bertz CT molecular complexity index is 1940. The monoisotopic (exact) mass is 1030 g/mol. The molecule has 1 N–H and O–H groups in total. The number of rotatable bonds is 10. The predicted molar refractivity (Wildman–Crippen MR) is 274 cm³/mol. The standard InChI is InChI=1S/C57H89NO15/c1-35-17-13-12-14-18-36(2)48(71-34-44-33-69-25-26-70-44)31-43-22-20-41(7)57(64,73-43)54(61)55(62)58-24-16-15-19-45(58)56(63)72-49(38(4)29-42-21-23-47(65-8)50(30-42)66-9)32-46(59)37(3)28-40(6)52(67-10)53(68-11)51(60)39(5)27-35/h12-14,17-18,28,35,37-39,41-45,47-50,52-53,64H,15-16,19-27,29-34H2,1-11H3/b14-12+,17-13+,36-18+,40-28+/t35-,37-,38-,39-,41-,42+,43+,44?,45+,47-,48?,49+,50-,52-,53+,57-/m1/s1. The lowest BCUT2D eigenvalue weighted by Gasteiger charge is -2.43. The van der Waals surface area contributed by atoms with Crippen molar-refractivity contribution < 1.29 is 71.7 Å². The third-order valence-corrected chi connectivity index (χ3v) is 16.1. The lowest BCUT2D eigenvalue weighted by atomic mass is 9.78. The highest BCUT2D eigenvalue weighted by Crippen LogP contribution is 2.38. The minimum atomic E-state index is -2.46. The molecule has 1 amide bonds. The van der Waals surface area contributed by atoms with Gasteiger partial charge in [0.1, 0.15) is 36.2 Å². The van der Waals surface area contributed by atoms with E-state index in [9.17, 15) is 29.1 Å². The van der Waals surface area contributed by atoms with Gasteiger partial charge in [-0.25, -0.2) is 4.79 Å². The number of allylic oxidation sites excluding steroid dienone is 6. The lowest BCUT2D eigenvalue weighted by molar-refractivity contribution is -0.266. The van der Waals surface area contributed by atoms with Crippen LogP contribution in [0, 0.1) is 35.5 Å². The SMILES string of the molecule is CO[C@@H]1/C(C)=C/[C@@H](C)C(=O)C[C@@H]([C@H](C)C[C@@H]2CC[C@@H](OC)[C@H](OC)C2)OC(=O)[C@@H]2CCCCN2C(=O)C(=O)[C@]2(O)O[C@@H](CC[C@H]2C)CC(OCC2COCCO2)/C(C)=C/C=C/C=C/[C@@H](C)C[C@@H](C)C(=O)[C@@H]1OC. The molecule has 0 aromatic carbocycles. The second-order valence-corrected chi connectivity index (χ2v) is 21.7. The first-order valence-electron chi connectivity index (χ1n) is 27.0. The molecule has 16 nitrogen and oxygen atoms in total. The summed E-state index contributed by atoms with van der Waals surface area (Å²) in [6.07, 6.45) is 13.4. The molecular weight excluding hydrogens is 939 g/mol. The van der Waals surface area contributed by atoms with Gasteiger partial charge in [-0.1, -0.05) is 71.1 Å². The zero-order valence-electron chi connectivity index (χ0n) is 45.8. The number of nitrogens with zero attached hydrogens (tertiary/aromatic N) is 1. The van der Waals surface area contributed by atoms with E-state index in [4.69, 9.17) is 42.6 Å². The molecule has 16 atom stereocenters. The maximum absolute atomic E-state index is 14.6. The number of carbonyl (C=O) groups excluding carboxylic acids is 5. The molecule has 0 spiro atoms. The van der Waals surface area contributed by atoms with Gasteiger partial charge in [0.05, 0.1) is 50.8 Å². The van der Waals surface area contributed by atoms with Crippen molar-refractivity contribution in [3.63, 3.8) is 0 Å². The number of methoxy groups -OCH3 is 4. The van der Waals surface area contributed by atoms with E-state index >= 15 is 0 Å². The Morgan fingerprint density at radius 1 is 0.808 bits per heavy atom. The van der Waals surface area contributed by atoms with Crippen LogP contribution in [0.2, 0.25) is 0 Å². The van der Waals surface area contributed by atoms with Gasteiger partial charge in [-0.2, -0.15) is 0 Å². The summed E-state index contributed by atoms with van der Waals surface area (Å²) in [6, 6.07) is -1.13. The maximum atomic E-state index is 14.6. The van der Waals surface area contributed by atoms with Gasteiger partial charge in [0.2, 0.25) is 5.79 Å². The molecule has 16 heteroatoms. The van der Waals surface area contributed by atoms with Gasteiger partial charge in [-0.05, 0) is 107 Å². The lowest BCUT2D eigenvalue weighted by Crippen LogP contribution is -2.61. The van der Waals surface area contributed by atoms with E-state index in [0.717, 1.165) is 24.8 Å². The molecule has 0 aromatic heterocycles. The van der Waals surface area contributed by atoms with E-state index in [1.807, 2.05) is 58.1 Å². The second kappa shape index (κ2) is 29.2. The fourth-order valence-corrected chi connectivity index (χ4v) is 11.4. The average Bonchev–Trinajstić information content (AvgIpc) is 3.38. The van der Waals surface area contributed by atoms with Crippen molar-refractivity contribution in [3.8, 4) is 0 Å². The highest BCUT2D eigenvalue weighted by atomic mass is 16.6. The largest absolute Gasteiger partial charge is 0.460 e. The number of carbonyl (C=O) groups is 5. The zero-order valence-corrected chi connectivity index (χ0v) is 45.8. The number of esters is 1. The van der Waals surface area contributed by atoms with Crippen molar-refractivity contribution in [2.45, 2.75) is 186 Å². The van der Waals surface area contributed by atoms with Crippen LogP contribution in [0.1, 0.15) is 126 Å². The highest BCUT2D eigenvalue weighted by molar-refractivity contribution is 6.39. The molecular formula is C57H89NO15. The van der Waals surface area contributed by atoms with Crippen molar-refractivity contribution in [2.24, 2.45) is 35.5 Å². The van der Waals surface area contributed by atoms with Gasteiger partial charge in [0.25, 0.3) is 11.7 Å². The quantitative estimate of drug-likeness (QED) is 0.130. The summed E-state index contributed by atoms with van der Waals surface area (Å²) in [6.45, 7) is 14.8. The first kappa shape index (κ1) is 60.4. The normalized spacial score (nSPS) is 39.6. The summed E-state index contributed by atoms with van der Waals surface area (Å²) < 4.78 is 53.9. The molecule has 0 aromatic rings. The summed E-state index contributed by atoms with van der Waals surface area (Å²) in [5.74, 6) is -7.43. The molecule has 4 fully saturated rings. The van der Waals surface area contributed by atoms with Gasteiger partial charge >= 0.3 is 5.97 Å². The molecule has 1 aliphatic carbocycles. The molecule has 4 aliphatic heterocycles. The third-order valence-electron chi connectivity index (χ3n) is 16.1. The number of Topliss-reactive ketones (excluding diaryl/α,β-unsaturated/α-hetero) is 3. The number of aliphatic hydroxyl groups is 1. The van der Waals surface area contributed by atoms with Gasteiger partial charge in [-0.3, -0.25) is 19.2 Å². The summed E-state index contributed by atoms with van der Waals surface area (Å²) in [5.41, 5.74) is 1.52. The minimum Gasteiger partial charge on any atom is -0.460 e. The Morgan fingerprint density at radius 2 is 1.55 bits per heavy atom. The first-order valence-corrected chi connectivity index (χ1v) is 27.0. The van der Waals surface area contributed by atoms with Crippen LogP contribution < -0.4 is 0 Å². The Balaban J connectivity index is 1.49. The smallest absolute Gasteiger partial charge is 0.329 e. The van der Waals surface area contributed by atoms with Crippen LogP contribution in [-0.4, -0.2) is 161 Å².